The number of carbonyl (C=O) groups excluding carboxylic acids is 1. The second-order valence-electron chi connectivity index (χ2n) is 5.90. The molecule has 0 aliphatic heterocycles. The summed E-state index contributed by atoms with van der Waals surface area (Å²) in [5.74, 6) is -0.0790. The van der Waals surface area contributed by atoms with Gasteiger partial charge in [0.05, 0.1) is 5.54 Å². The maximum atomic E-state index is 11.8. The fraction of sp³-hybridized carbons (Fsp3) is 0.533. The van der Waals surface area contributed by atoms with Gasteiger partial charge in [0.25, 0.3) is 0 Å². The lowest BCUT2D eigenvalue weighted by molar-refractivity contribution is -0.125. The van der Waals surface area contributed by atoms with Gasteiger partial charge < -0.3 is 11.1 Å². The molecule has 1 aromatic rings. The highest BCUT2D eigenvalue weighted by Crippen LogP contribution is 2.43. The van der Waals surface area contributed by atoms with Crippen LogP contribution in [-0.4, -0.2) is 18.0 Å². The molecule has 0 saturated heterocycles. The zero-order chi connectivity index (χ0) is 13.2. The highest BCUT2D eigenvalue weighted by molar-refractivity contribution is 5.85. The van der Waals surface area contributed by atoms with E-state index in [2.05, 4.69) is 29.6 Å². The van der Waals surface area contributed by atoms with Crippen molar-refractivity contribution < 1.29 is 4.79 Å². The van der Waals surface area contributed by atoms with E-state index in [0.29, 0.717) is 6.54 Å². The highest BCUT2D eigenvalue weighted by atomic mass is 16.2. The Morgan fingerprint density at radius 1 is 1.33 bits per heavy atom. The van der Waals surface area contributed by atoms with Crippen LogP contribution in [0, 0.1) is 0 Å². The molecule has 0 spiro atoms. The Hall–Kier alpha value is -1.35. The molecule has 18 heavy (non-hydrogen) atoms. The zero-order valence-corrected chi connectivity index (χ0v) is 11.2. The van der Waals surface area contributed by atoms with Crippen molar-refractivity contribution in [2.45, 2.75) is 44.1 Å². The molecule has 1 aliphatic rings. The Morgan fingerprint density at radius 3 is 2.39 bits per heavy atom. The monoisotopic (exact) mass is 246 g/mol. The minimum atomic E-state index is -0.804. The molecule has 0 heterocycles. The van der Waals surface area contributed by atoms with Gasteiger partial charge in [-0.25, -0.2) is 0 Å². The number of rotatable bonds is 4. The highest BCUT2D eigenvalue weighted by Gasteiger charge is 2.39. The van der Waals surface area contributed by atoms with Crippen molar-refractivity contribution in [1.29, 1.82) is 0 Å². The summed E-state index contributed by atoms with van der Waals surface area (Å²) in [6.07, 6.45) is 3.52. The van der Waals surface area contributed by atoms with Crippen LogP contribution in [0.15, 0.2) is 30.3 Å². The van der Waals surface area contributed by atoms with Crippen LogP contribution in [0.25, 0.3) is 0 Å². The van der Waals surface area contributed by atoms with Gasteiger partial charge in [-0.15, -0.1) is 0 Å². The Balaban J connectivity index is 2.05. The predicted molar refractivity (Wildman–Crippen MR) is 73.2 cm³/mol. The van der Waals surface area contributed by atoms with Gasteiger partial charge >= 0.3 is 0 Å². The number of amides is 1. The maximum Gasteiger partial charge on any atom is 0.239 e. The standard InChI is InChI=1S/C15H22N2O/c1-14(2,16)13(18)17-11-15(9-6-10-15)12-7-4-3-5-8-12/h3-5,7-8H,6,9-11,16H2,1-2H3,(H,17,18). The van der Waals surface area contributed by atoms with E-state index >= 15 is 0 Å². The lowest BCUT2D eigenvalue weighted by Gasteiger charge is -2.43. The van der Waals surface area contributed by atoms with Crippen molar-refractivity contribution in [3.05, 3.63) is 35.9 Å². The number of carbonyl (C=O) groups is 1. The van der Waals surface area contributed by atoms with Crippen LogP contribution < -0.4 is 11.1 Å². The van der Waals surface area contributed by atoms with Gasteiger partial charge in [-0.05, 0) is 32.3 Å². The predicted octanol–water partition coefficient (Wildman–Crippen LogP) is 1.96. The summed E-state index contributed by atoms with van der Waals surface area (Å²) >= 11 is 0. The molecule has 1 aromatic carbocycles. The third kappa shape index (κ3) is 2.56. The second kappa shape index (κ2) is 4.73. The molecular weight excluding hydrogens is 224 g/mol. The second-order valence-corrected chi connectivity index (χ2v) is 5.90. The number of hydrogen-bond donors (Lipinski definition) is 2. The topological polar surface area (TPSA) is 55.1 Å². The Morgan fingerprint density at radius 2 is 1.94 bits per heavy atom. The maximum absolute atomic E-state index is 11.8. The van der Waals surface area contributed by atoms with Crippen molar-refractivity contribution in [3.8, 4) is 0 Å². The number of benzene rings is 1. The average Bonchev–Trinajstić information content (AvgIpc) is 2.27. The number of nitrogens with two attached hydrogens (primary N) is 1. The van der Waals surface area contributed by atoms with Crippen LogP contribution in [0.4, 0.5) is 0 Å². The molecular formula is C15H22N2O. The van der Waals surface area contributed by atoms with Crippen LogP contribution >= 0.6 is 0 Å². The molecule has 98 valence electrons. The van der Waals surface area contributed by atoms with Crippen molar-refractivity contribution in [2.75, 3.05) is 6.54 Å². The summed E-state index contributed by atoms with van der Waals surface area (Å²) in [6, 6.07) is 10.4. The van der Waals surface area contributed by atoms with Crippen molar-refractivity contribution in [2.24, 2.45) is 5.73 Å². The first-order valence-corrected chi connectivity index (χ1v) is 6.57. The van der Waals surface area contributed by atoms with E-state index in [0.717, 1.165) is 12.8 Å². The van der Waals surface area contributed by atoms with Gasteiger partial charge in [0.15, 0.2) is 0 Å². The smallest absolute Gasteiger partial charge is 0.239 e. The summed E-state index contributed by atoms with van der Waals surface area (Å²) in [6.45, 7) is 4.16. The molecule has 0 atom stereocenters. The Labute approximate surface area is 109 Å². The van der Waals surface area contributed by atoms with Crippen LogP contribution in [0.5, 0.6) is 0 Å². The molecule has 1 amide bonds. The minimum absolute atomic E-state index is 0.0790. The first-order chi connectivity index (χ1) is 8.44. The van der Waals surface area contributed by atoms with Gasteiger partial charge in [0, 0.05) is 12.0 Å². The Kier molecular flexibility index (Phi) is 3.44. The minimum Gasteiger partial charge on any atom is -0.354 e. The third-order valence-corrected chi connectivity index (χ3v) is 3.87. The molecule has 3 heteroatoms. The van der Waals surface area contributed by atoms with Gasteiger partial charge in [0.1, 0.15) is 0 Å². The summed E-state index contributed by atoms with van der Waals surface area (Å²) in [5.41, 5.74) is 6.44. The van der Waals surface area contributed by atoms with Gasteiger partial charge in [-0.2, -0.15) is 0 Å². The quantitative estimate of drug-likeness (QED) is 0.853. The summed E-state index contributed by atoms with van der Waals surface area (Å²) in [7, 11) is 0. The molecule has 0 aromatic heterocycles. The van der Waals surface area contributed by atoms with Crippen LogP contribution in [0.2, 0.25) is 0 Å². The number of hydrogen-bond acceptors (Lipinski definition) is 2. The lowest BCUT2D eigenvalue weighted by Crippen LogP contribution is -2.53. The molecule has 2 rings (SSSR count). The molecule has 3 nitrogen and oxygen atoms in total. The van der Waals surface area contributed by atoms with Crippen molar-refractivity contribution in [1.82, 2.24) is 5.32 Å². The zero-order valence-electron chi connectivity index (χ0n) is 11.2. The molecule has 3 N–H and O–H groups in total. The van der Waals surface area contributed by atoms with Crippen LogP contribution in [-0.2, 0) is 10.2 Å². The van der Waals surface area contributed by atoms with E-state index in [1.807, 2.05) is 6.07 Å². The normalized spacial score (nSPS) is 17.9. The molecule has 1 fully saturated rings. The van der Waals surface area contributed by atoms with Gasteiger partial charge in [0.2, 0.25) is 5.91 Å². The summed E-state index contributed by atoms with van der Waals surface area (Å²) in [4.78, 5) is 11.8. The van der Waals surface area contributed by atoms with E-state index in [1.165, 1.54) is 12.0 Å². The number of nitrogens with one attached hydrogen (secondary N) is 1. The average molecular weight is 246 g/mol. The van der Waals surface area contributed by atoms with E-state index < -0.39 is 5.54 Å². The van der Waals surface area contributed by atoms with Crippen molar-refractivity contribution in [3.63, 3.8) is 0 Å². The SMILES string of the molecule is CC(C)(N)C(=O)NCC1(c2ccccc2)CCC1. The lowest BCUT2D eigenvalue weighted by atomic mass is 9.64. The van der Waals surface area contributed by atoms with Crippen LogP contribution in [0.3, 0.4) is 0 Å². The molecule has 0 radical (unpaired) electrons. The Bertz CT molecular complexity index is 416. The van der Waals surface area contributed by atoms with E-state index in [4.69, 9.17) is 5.73 Å². The summed E-state index contributed by atoms with van der Waals surface area (Å²) < 4.78 is 0. The first kappa shape index (κ1) is 13.1. The van der Waals surface area contributed by atoms with Crippen molar-refractivity contribution >= 4 is 5.91 Å². The largest absolute Gasteiger partial charge is 0.354 e. The van der Waals surface area contributed by atoms with E-state index in [1.54, 1.807) is 13.8 Å². The first-order valence-electron chi connectivity index (χ1n) is 6.57. The van der Waals surface area contributed by atoms with Gasteiger partial charge in [-0.3, -0.25) is 4.79 Å². The van der Waals surface area contributed by atoms with E-state index in [9.17, 15) is 4.79 Å². The molecule has 0 bridgehead atoms. The molecule has 1 aliphatic carbocycles. The third-order valence-electron chi connectivity index (χ3n) is 3.87. The molecule has 1 saturated carbocycles. The summed E-state index contributed by atoms with van der Waals surface area (Å²) in [5, 5.41) is 3.00. The fourth-order valence-electron chi connectivity index (χ4n) is 2.44. The molecule has 0 unspecified atom stereocenters. The van der Waals surface area contributed by atoms with E-state index in [-0.39, 0.29) is 11.3 Å². The van der Waals surface area contributed by atoms with Crippen LogP contribution in [0.1, 0.15) is 38.7 Å². The van der Waals surface area contributed by atoms with Gasteiger partial charge in [-0.1, -0.05) is 36.8 Å². The fourth-order valence-corrected chi connectivity index (χ4v) is 2.44.